The number of aryl methyl sites for hydroxylation is 1. The Bertz CT molecular complexity index is 687. The number of hydrogen-bond acceptors (Lipinski definition) is 8. The number of nitrogens with zero attached hydrogens (tertiary/aromatic N) is 3. The highest BCUT2D eigenvalue weighted by Crippen LogP contribution is 2.36. The van der Waals surface area contributed by atoms with Crippen LogP contribution >= 0.6 is 23.3 Å². The lowest BCUT2D eigenvalue weighted by Crippen LogP contribution is -2.02. The molecular formula is C12H11N3O4S2. The van der Waals surface area contributed by atoms with Gasteiger partial charge in [0.05, 0.1) is 22.5 Å². The number of methoxy groups -OCH3 is 1. The topological polar surface area (TPSA) is 95.2 Å². The molecule has 0 amide bonds. The van der Waals surface area contributed by atoms with E-state index in [4.69, 9.17) is 0 Å². The van der Waals surface area contributed by atoms with Gasteiger partial charge in [0.25, 0.3) is 5.69 Å². The van der Waals surface area contributed by atoms with Crippen molar-refractivity contribution >= 4 is 35.0 Å². The first-order valence-electron chi connectivity index (χ1n) is 5.92. The minimum absolute atomic E-state index is 0.0825. The number of carbonyl (C=O) groups excluding carboxylic acids is 1. The third kappa shape index (κ3) is 3.56. The van der Waals surface area contributed by atoms with E-state index in [1.807, 2.05) is 6.92 Å². The number of rotatable bonds is 5. The lowest BCUT2D eigenvalue weighted by molar-refractivity contribution is -0.387. The molecule has 2 aromatic rings. The van der Waals surface area contributed by atoms with Crippen molar-refractivity contribution in [3.8, 4) is 0 Å². The predicted molar refractivity (Wildman–Crippen MR) is 77.8 cm³/mol. The van der Waals surface area contributed by atoms with Gasteiger partial charge >= 0.3 is 5.97 Å². The van der Waals surface area contributed by atoms with Gasteiger partial charge in [-0.05, 0) is 23.7 Å². The largest absolute Gasteiger partial charge is 0.465 e. The summed E-state index contributed by atoms with van der Waals surface area (Å²) in [6.07, 6.45) is 0.696. The van der Waals surface area contributed by atoms with Crippen molar-refractivity contribution in [3.05, 3.63) is 39.7 Å². The van der Waals surface area contributed by atoms with E-state index in [1.54, 1.807) is 0 Å². The average molecular weight is 325 g/mol. The molecule has 1 aromatic carbocycles. The van der Waals surface area contributed by atoms with Gasteiger partial charge < -0.3 is 4.74 Å². The number of hydrogen-bond donors (Lipinski definition) is 0. The van der Waals surface area contributed by atoms with E-state index in [9.17, 15) is 14.9 Å². The number of esters is 1. The summed E-state index contributed by atoms with van der Waals surface area (Å²) < 4.78 is 9.34. The highest BCUT2D eigenvalue weighted by Gasteiger charge is 2.19. The summed E-state index contributed by atoms with van der Waals surface area (Å²) in [7, 11) is 1.26. The molecule has 1 aromatic heterocycles. The Hall–Kier alpha value is -2.00. The van der Waals surface area contributed by atoms with Crippen LogP contribution in [0.1, 0.15) is 23.1 Å². The van der Waals surface area contributed by atoms with Crippen molar-refractivity contribution in [3.63, 3.8) is 0 Å². The average Bonchev–Trinajstić information content (AvgIpc) is 2.93. The summed E-state index contributed by atoms with van der Waals surface area (Å²) in [4.78, 5) is 26.7. The second kappa shape index (κ2) is 6.64. The number of ether oxygens (including phenoxy) is 1. The van der Waals surface area contributed by atoms with Gasteiger partial charge in [0.2, 0.25) is 0 Å². The van der Waals surface area contributed by atoms with E-state index < -0.39 is 10.9 Å². The molecule has 0 bridgehead atoms. The van der Waals surface area contributed by atoms with Gasteiger partial charge in [-0.1, -0.05) is 18.7 Å². The molecule has 110 valence electrons. The van der Waals surface area contributed by atoms with E-state index in [0.29, 0.717) is 21.5 Å². The number of aromatic nitrogens is 2. The second-order valence-corrected chi connectivity index (χ2v) is 5.90. The van der Waals surface area contributed by atoms with E-state index in [1.165, 1.54) is 36.8 Å². The van der Waals surface area contributed by atoms with E-state index in [0.717, 1.165) is 11.8 Å². The Labute approximate surface area is 128 Å². The van der Waals surface area contributed by atoms with Crippen LogP contribution in [0.2, 0.25) is 0 Å². The lowest BCUT2D eigenvalue weighted by atomic mass is 10.2. The van der Waals surface area contributed by atoms with Gasteiger partial charge in [-0.15, -0.1) is 0 Å². The van der Waals surface area contributed by atoms with Gasteiger partial charge in [-0.2, -0.15) is 4.37 Å². The van der Waals surface area contributed by atoms with Gasteiger partial charge in [0, 0.05) is 12.5 Å². The Kier molecular flexibility index (Phi) is 4.86. The molecule has 0 fully saturated rings. The number of benzene rings is 1. The zero-order valence-corrected chi connectivity index (χ0v) is 12.9. The van der Waals surface area contributed by atoms with Crippen molar-refractivity contribution < 1.29 is 14.5 Å². The summed E-state index contributed by atoms with van der Waals surface area (Å²) in [5.74, 6) is 0.146. The quantitative estimate of drug-likeness (QED) is 0.474. The molecule has 2 rings (SSSR count). The minimum Gasteiger partial charge on any atom is -0.465 e. The van der Waals surface area contributed by atoms with Crippen LogP contribution in [0.25, 0.3) is 0 Å². The van der Waals surface area contributed by atoms with Crippen LogP contribution in [0.15, 0.2) is 27.4 Å². The van der Waals surface area contributed by atoms with Gasteiger partial charge in [0.15, 0.2) is 4.34 Å². The molecule has 0 N–H and O–H groups in total. The van der Waals surface area contributed by atoms with Crippen LogP contribution < -0.4 is 0 Å². The SMILES string of the molecule is CCc1nsc(Sc2cc(C(=O)OC)ccc2[N+](=O)[O-])n1. The summed E-state index contributed by atoms with van der Waals surface area (Å²) in [6, 6.07) is 4.09. The molecule has 0 spiro atoms. The fourth-order valence-corrected chi connectivity index (χ4v) is 3.31. The Morgan fingerprint density at radius 3 is 2.86 bits per heavy atom. The first-order valence-corrected chi connectivity index (χ1v) is 7.51. The molecule has 1 heterocycles. The highest BCUT2D eigenvalue weighted by atomic mass is 32.2. The summed E-state index contributed by atoms with van der Waals surface area (Å²) >= 11 is 2.29. The Morgan fingerprint density at radius 1 is 1.52 bits per heavy atom. The van der Waals surface area contributed by atoms with Crippen LogP contribution in [-0.2, 0) is 11.2 Å². The maximum Gasteiger partial charge on any atom is 0.337 e. The maximum atomic E-state index is 11.5. The molecule has 0 saturated carbocycles. The lowest BCUT2D eigenvalue weighted by Gasteiger charge is -2.03. The van der Waals surface area contributed by atoms with E-state index in [2.05, 4.69) is 14.1 Å². The molecule has 7 nitrogen and oxygen atoms in total. The van der Waals surface area contributed by atoms with Crippen LogP contribution in [0, 0.1) is 10.1 Å². The molecule has 0 aliphatic carbocycles. The molecular weight excluding hydrogens is 314 g/mol. The van der Waals surface area contributed by atoms with Crippen LogP contribution in [0.4, 0.5) is 5.69 Å². The molecule has 0 aliphatic rings. The Morgan fingerprint density at radius 2 is 2.29 bits per heavy atom. The fourth-order valence-electron chi connectivity index (χ4n) is 1.51. The van der Waals surface area contributed by atoms with E-state index >= 15 is 0 Å². The maximum absolute atomic E-state index is 11.5. The number of nitro benzene ring substituents is 1. The van der Waals surface area contributed by atoms with Crippen LogP contribution in [0.3, 0.4) is 0 Å². The molecule has 0 atom stereocenters. The molecule has 0 aliphatic heterocycles. The zero-order chi connectivity index (χ0) is 15.4. The number of carbonyl (C=O) groups is 1. The van der Waals surface area contributed by atoms with Gasteiger partial charge in [-0.3, -0.25) is 10.1 Å². The highest BCUT2D eigenvalue weighted by molar-refractivity contribution is 8.01. The monoisotopic (exact) mass is 325 g/mol. The molecule has 0 radical (unpaired) electrons. The van der Waals surface area contributed by atoms with Crippen molar-refractivity contribution in [2.75, 3.05) is 7.11 Å². The first kappa shape index (κ1) is 15.4. The minimum atomic E-state index is -0.543. The molecule has 0 saturated heterocycles. The van der Waals surface area contributed by atoms with Gasteiger partial charge in [-0.25, -0.2) is 9.78 Å². The smallest absolute Gasteiger partial charge is 0.337 e. The third-order valence-electron chi connectivity index (χ3n) is 2.54. The molecule has 21 heavy (non-hydrogen) atoms. The van der Waals surface area contributed by atoms with Crippen LogP contribution in [0.5, 0.6) is 0 Å². The van der Waals surface area contributed by atoms with Crippen LogP contribution in [-0.4, -0.2) is 27.4 Å². The first-order chi connectivity index (χ1) is 10.0. The molecule has 0 unspecified atom stereocenters. The standard InChI is InChI=1S/C12H11N3O4S2/c1-3-10-13-12(21-14-10)20-9-6-7(11(16)19-2)4-5-8(9)15(17)18/h4-6H,3H2,1-2H3. The second-order valence-electron chi connectivity index (χ2n) is 3.86. The van der Waals surface area contributed by atoms with Crippen molar-refractivity contribution in [2.45, 2.75) is 22.6 Å². The summed E-state index contributed by atoms with van der Waals surface area (Å²) in [6.45, 7) is 1.93. The van der Waals surface area contributed by atoms with Gasteiger partial charge in [0.1, 0.15) is 5.82 Å². The third-order valence-corrected chi connectivity index (χ3v) is 4.38. The summed E-state index contributed by atoms with van der Waals surface area (Å²) in [5, 5.41) is 11.1. The predicted octanol–water partition coefficient (Wildman–Crippen LogP) is 2.95. The van der Waals surface area contributed by atoms with E-state index in [-0.39, 0.29) is 11.3 Å². The zero-order valence-electron chi connectivity index (χ0n) is 11.2. The fraction of sp³-hybridized carbons (Fsp3) is 0.250. The number of nitro groups is 1. The summed E-state index contributed by atoms with van der Waals surface area (Å²) in [5.41, 5.74) is 0.173. The Balaban J connectivity index is 2.38. The molecule has 9 heteroatoms. The van der Waals surface area contributed by atoms with Crippen molar-refractivity contribution in [2.24, 2.45) is 0 Å². The van der Waals surface area contributed by atoms with Crippen molar-refractivity contribution in [1.29, 1.82) is 0 Å². The normalized spacial score (nSPS) is 10.4. The van der Waals surface area contributed by atoms with Crippen molar-refractivity contribution in [1.82, 2.24) is 9.36 Å².